The molecule has 0 aliphatic carbocycles. The Balaban J connectivity index is 1.64. The lowest BCUT2D eigenvalue weighted by Gasteiger charge is -2.16. The van der Waals surface area contributed by atoms with Gasteiger partial charge in [-0.25, -0.2) is 9.97 Å². The molecule has 1 unspecified atom stereocenters. The first-order chi connectivity index (χ1) is 12.1. The molecule has 5 nitrogen and oxygen atoms in total. The minimum Gasteiger partial charge on any atom is -0.444 e. The molecule has 2 aromatic carbocycles. The molecule has 0 saturated heterocycles. The number of aromatic nitrogens is 3. The molecule has 25 heavy (non-hydrogen) atoms. The molecule has 0 aliphatic heterocycles. The summed E-state index contributed by atoms with van der Waals surface area (Å²) in [6.07, 6.45) is 3.58. The zero-order valence-electron chi connectivity index (χ0n) is 14.5. The van der Waals surface area contributed by atoms with Gasteiger partial charge in [0.25, 0.3) is 0 Å². The van der Waals surface area contributed by atoms with Gasteiger partial charge < -0.3 is 9.32 Å². The summed E-state index contributed by atoms with van der Waals surface area (Å²) in [5.74, 6) is 0.644. The van der Waals surface area contributed by atoms with Crippen LogP contribution in [0.1, 0.15) is 18.7 Å². The average molecular weight is 332 g/mol. The van der Waals surface area contributed by atoms with E-state index in [4.69, 9.17) is 4.42 Å². The van der Waals surface area contributed by atoms with Gasteiger partial charge in [-0.15, -0.1) is 0 Å². The van der Waals surface area contributed by atoms with Gasteiger partial charge in [0.05, 0.1) is 22.8 Å². The molecular weight excluding hydrogens is 312 g/mol. The molecule has 0 N–H and O–H groups in total. The SMILES string of the molecule is CC(c1coc(-c2ccc(-n3cnc4ccccc43)cc2)n1)N(C)C. The van der Waals surface area contributed by atoms with Crippen molar-refractivity contribution in [2.75, 3.05) is 14.1 Å². The molecule has 0 bridgehead atoms. The zero-order valence-corrected chi connectivity index (χ0v) is 14.5. The quantitative estimate of drug-likeness (QED) is 0.559. The highest BCUT2D eigenvalue weighted by atomic mass is 16.3. The van der Waals surface area contributed by atoms with E-state index in [9.17, 15) is 0 Å². The van der Waals surface area contributed by atoms with E-state index >= 15 is 0 Å². The predicted molar refractivity (Wildman–Crippen MR) is 98.7 cm³/mol. The summed E-state index contributed by atoms with van der Waals surface area (Å²) in [6.45, 7) is 2.11. The second-order valence-corrected chi connectivity index (χ2v) is 6.37. The summed E-state index contributed by atoms with van der Waals surface area (Å²) < 4.78 is 7.74. The van der Waals surface area contributed by atoms with Gasteiger partial charge in [0.2, 0.25) is 5.89 Å². The van der Waals surface area contributed by atoms with Crippen LogP contribution < -0.4 is 0 Å². The maximum atomic E-state index is 5.67. The average Bonchev–Trinajstić information content (AvgIpc) is 3.28. The van der Waals surface area contributed by atoms with Gasteiger partial charge in [0.1, 0.15) is 12.6 Å². The zero-order chi connectivity index (χ0) is 17.4. The van der Waals surface area contributed by atoms with Crippen LogP contribution in [0, 0.1) is 0 Å². The number of hydrogen-bond donors (Lipinski definition) is 0. The first-order valence-corrected chi connectivity index (χ1v) is 8.28. The van der Waals surface area contributed by atoms with Crippen molar-refractivity contribution in [3.05, 3.63) is 66.8 Å². The molecule has 2 aromatic heterocycles. The van der Waals surface area contributed by atoms with Crippen LogP contribution in [0.15, 0.2) is 65.5 Å². The van der Waals surface area contributed by atoms with Crippen LogP contribution in [-0.2, 0) is 0 Å². The first-order valence-electron chi connectivity index (χ1n) is 8.28. The van der Waals surface area contributed by atoms with Gasteiger partial charge in [-0.1, -0.05) is 12.1 Å². The van der Waals surface area contributed by atoms with E-state index in [1.807, 2.05) is 50.8 Å². The topological polar surface area (TPSA) is 47.1 Å². The summed E-state index contributed by atoms with van der Waals surface area (Å²) in [4.78, 5) is 11.2. The molecule has 2 heterocycles. The second kappa shape index (κ2) is 6.18. The number of benzene rings is 2. The number of nitrogens with zero attached hydrogens (tertiary/aromatic N) is 4. The minimum atomic E-state index is 0.217. The van der Waals surface area contributed by atoms with Gasteiger partial charge in [0, 0.05) is 11.3 Å². The van der Waals surface area contributed by atoms with Crippen LogP contribution >= 0.6 is 0 Å². The van der Waals surface area contributed by atoms with E-state index in [-0.39, 0.29) is 6.04 Å². The predicted octanol–water partition coefficient (Wildman–Crippen LogP) is 4.30. The molecule has 5 heteroatoms. The third-order valence-electron chi connectivity index (χ3n) is 4.57. The van der Waals surface area contributed by atoms with Crippen molar-refractivity contribution >= 4 is 11.0 Å². The summed E-state index contributed by atoms with van der Waals surface area (Å²) >= 11 is 0. The van der Waals surface area contributed by atoms with Crippen molar-refractivity contribution in [2.45, 2.75) is 13.0 Å². The molecule has 4 rings (SSSR count). The number of para-hydroxylation sites is 2. The fraction of sp³-hybridized carbons (Fsp3) is 0.200. The van der Waals surface area contributed by atoms with E-state index < -0.39 is 0 Å². The maximum absolute atomic E-state index is 5.67. The monoisotopic (exact) mass is 332 g/mol. The summed E-state index contributed by atoms with van der Waals surface area (Å²) in [7, 11) is 4.06. The molecule has 0 saturated carbocycles. The Morgan fingerprint density at radius 3 is 2.56 bits per heavy atom. The molecule has 1 atom stereocenters. The molecular formula is C20H20N4O. The van der Waals surface area contributed by atoms with E-state index in [0.717, 1.165) is 28.0 Å². The smallest absolute Gasteiger partial charge is 0.226 e. The lowest BCUT2D eigenvalue weighted by Crippen LogP contribution is -2.16. The van der Waals surface area contributed by atoms with Crippen molar-refractivity contribution in [1.29, 1.82) is 0 Å². The Labute approximate surface area is 146 Å². The fourth-order valence-corrected chi connectivity index (χ4v) is 2.80. The number of hydrogen-bond acceptors (Lipinski definition) is 4. The third kappa shape index (κ3) is 2.83. The van der Waals surface area contributed by atoms with E-state index in [1.165, 1.54) is 0 Å². The highest BCUT2D eigenvalue weighted by Crippen LogP contribution is 2.25. The summed E-state index contributed by atoms with van der Waals surface area (Å²) in [5.41, 5.74) is 5.04. The van der Waals surface area contributed by atoms with Crippen molar-refractivity contribution in [3.8, 4) is 17.1 Å². The largest absolute Gasteiger partial charge is 0.444 e. The molecule has 0 radical (unpaired) electrons. The number of rotatable bonds is 4. The molecule has 4 aromatic rings. The number of oxazole rings is 1. The standard InChI is InChI=1S/C20H20N4O/c1-14(23(2)3)18-12-25-20(22-18)15-8-10-16(11-9-15)24-13-21-17-6-4-5-7-19(17)24/h4-14H,1-3H3. The maximum Gasteiger partial charge on any atom is 0.226 e. The molecule has 126 valence electrons. The highest BCUT2D eigenvalue weighted by molar-refractivity contribution is 5.77. The van der Waals surface area contributed by atoms with Crippen molar-refractivity contribution in [1.82, 2.24) is 19.4 Å². The molecule has 0 amide bonds. The van der Waals surface area contributed by atoms with Gasteiger partial charge in [-0.05, 0) is 57.4 Å². The Morgan fingerprint density at radius 2 is 1.80 bits per heavy atom. The van der Waals surface area contributed by atoms with Crippen LogP contribution in [0.3, 0.4) is 0 Å². The van der Waals surface area contributed by atoms with Crippen LogP contribution in [0.5, 0.6) is 0 Å². The second-order valence-electron chi connectivity index (χ2n) is 6.37. The Bertz CT molecular complexity index is 998. The molecule has 0 spiro atoms. The first kappa shape index (κ1) is 15.6. The Morgan fingerprint density at radius 1 is 1.04 bits per heavy atom. The lowest BCUT2D eigenvalue weighted by molar-refractivity contribution is 0.314. The lowest BCUT2D eigenvalue weighted by atomic mass is 10.2. The van der Waals surface area contributed by atoms with Crippen molar-refractivity contribution in [2.24, 2.45) is 0 Å². The van der Waals surface area contributed by atoms with E-state index in [0.29, 0.717) is 5.89 Å². The summed E-state index contributed by atoms with van der Waals surface area (Å²) in [6, 6.07) is 16.5. The van der Waals surface area contributed by atoms with E-state index in [2.05, 4.69) is 44.6 Å². The highest BCUT2D eigenvalue weighted by Gasteiger charge is 2.14. The number of imidazole rings is 1. The van der Waals surface area contributed by atoms with Crippen LogP contribution in [0.25, 0.3) is 28.2 Å². The number of fused-ring (bicyclic) bond motifs is 1. The van der Waals surface area contributed by atoms with Crippen LogP contribution in [-0.4, -0.2) is 33.5 Å². The van der Waals surface area contributed by atoms with Gasteiger partial charge in [-0.3, -0.25) is 4.57 Å². The van der Waals surface area contributed by atoms with Gasteiger partial charge in [0.15, 0.2) is 0 Å². The molecule has 0 aliphatic rings. The van der Waals surface area contributed by atoms with Crippen molar-refractivity contribution < 1.29 is 4.42 Å². The minimum absolute atomic E-state index is 0.217. The fourth-order valence-electron chi connectivity index (χ4n) is 2.80. The van der Waals surface area contributed by atoms with Crippen LogP contribution in [0.4, 0.5) is 0 Å². The normalized spacial score (nSPS) is 12.8. The van der Waals surface area contributed by atoms with E-state index in [1.54, 1.807) is 6.26 Å². The Kier molecular flexibility index (Phi) is 3.86. The van der Waals surface area contributed by atoms with Gasteiger partial charge >= 0.3 is 0 Å². The molecule has 0 fully saturated rings. The Hall–Kier alpha value is -2.92. The summed E-state index contributed by atoms with van der Waals surface area (Å²) in [5, 5.41) is 0. The van der Waals surface area contributed by atoms with Crippen molar-refractivity contribution in [3.63, 3.8) is 0 Å². The van der Waals surface area contributed by atoms with Gasteiger partial charge in [-0.2, -0.15) is 0 Å². The van der Waals surface area contributed by atoms with Crippen LogP contribution in [0.2, 0.25) is 0 Å². The third-order valence-corrected chi connectivity index (χ3v) is 4.57.